The van der Waals surface area contributed by atoms with Crippen molar-refractivity contribution in [2.24, 2.45) is 0 Å². The molecule has 0 atom stereocenters. The van der Waals surface area contributed by atoms with E-state index in [-0.39, 0.29) is 0 Å². The Balaban J connectivity index is 2.16. The summed E-state index contributed by atoms with van der Waals surface area (Å²) in [5.41, 5.74) is 1.06. The minimum Gasteiger partial charge on any atom is -0.313 e. The Morgan fingerprint density at radius 3 is 2.53 bits per heavy atom. The van der Waals surface area contributed by atoms with Gasteiger partial charge in [-0.1, -0.05) is 48.2 Å². The first-order valence-electron chi connectivity index (χ1n) is 5.95. The lowest BCUT2D eigenvalue weighted by Gasteiger charge is -2.07. The Bertz CT molecular complexity index is 328. The van der Waals surface area contributed by atoms with Crippen LogP contribution in [0.2, 0.25) is 10.0 Å². The van der Waals surface area contributed by atoms with Gasteiger partial charge in [0.1, 0.15) is 0 Å². The highest BCUT2D eigenvalue weighted by molar-refractivity contribution is 6.42. The van der Waals surface area contributed by atoms with Gasteiger partial charge < -0.3 is 5.32 Å². The summed E-state index contributed by atoms with van der Waals surface area (Å²) in [4.78, 5) is 0. The molecule has 0 fully saturated rings. The van der Waals surface area contributed by atoms with Gasteiger partial charge in [0.05, 0.1) is 10.0 Å². The highest BCUT2D eigenvalue weighted by Gasteiger charge is 2.02. The first kappa shape index (κ1) is 15.1. The quantitative estimate of drug-likeness (QED) is 0.532. The fourth-order valence-corrected chi connectivity index (χ4v) is 2.18. The van der Waals surface area contributed by atoms with Crippen LogP contribution in [0.25, 0.3) is 0 Å². The summed E-state index contributed by atoms with van der Waals surface area (Å²) < 4.78 is 0. The number of hydrogen-bond donors (Lipinski definition) is 1. The second-order valence-electron chi connectivity index (χ2n) is 3.99. The van der Waals surface area contributed by atoms with Crippen molar-refractivity contribution in [2.45, 2.75) is 32.2 Å². The van der Waals surface area contributed by atoms with Crippen LogP contribution >= 0.6 is 34.8 Å². The highest BCUT2D eigenvalue weighted by atomic mass is 35.5. The Morgan fingerprint density at radius 2 is 1.76 bits per heavy atom. The molecular weight excluding hydrogens is 277 g/mol. The first-order valence-corrected chi connectivity index (χ1v) is 7.24. The van der Waals surface area contributed by atoms with Crippen molar-refractivity contribution in [1.82, 2.24) is 5.32 Å². The zero-order chi connectivity index (χ0) is 12.5. The van der Waals surface area contributed by atoms with Gasteiger partial charge in [0.15, 0.2) is 0 Å². The van der Waals surface area contributed by atoms with Gasteiger partial charge in [-0.2, -0.15) is 0 Å². The van der Waals surface area contributed by atoms with Crippen molar-refractivity contribution in [3.63, 3.8) is 0 Å². The van der Waals surface area contributed by atoms with E-state index in [1.807, 2.05) is 12.1 Å². The van der Waals surface area contributed by atoms with Crippen LogP contribution in [0.15, 0.2) is 18.2 Å². The van der Waals surface area contributed by atoms with Crippen molar-refractivity contribution in [1.29, 1.82) is 0 Å². The van der Waals surface area contributed by atoms with E-state index in [0.29, 0.717) is 10.0 Å². The molecule has 0 aromatic heterocycles. The summed E-state index contributed by atoms with van der Waals surface area (Å²) in [5, 5.41) is 4.65. The number of alkyl halides is 1. The van der Waals surface area contributed by atoms with Gasteiger partial charge >= 0.3 is 0 Å². The molecule has 0 unspecified atom stereocenters. The van der Waals surface area contributed by atoms with Crippen LogP contribution in [-0.2, 0) is 6.54 Å². The fourth-order valence-electron chi connectivity index (χ4n) is 1.61. The normalized spacial score (nSPS) is 10.8. The third-order valence-corrected chi connectivity index (χ3v) is 3.71. The zero-order valence-corrected chi connectivity index (χ0v) is 12.1. The summed E-state index contributed by atoms with van der Waals surface area (Å²) >= 11 is 17.6. The van der Waals surface area contributed by atoms with E-state index in [0.717, 1.165) is 31.0 Å². The van der Waals surface area contributed by atoms with Gasteiger partial charge in [-0.3, -0.25) is 0 Å². The summed E-state index contributed by atoms with van der Waals surface area (Å²) in [7, 11) is 0. The van der Waals surface area contributed by atoms with Crippen LogP contribution in [0.3, 0.4) is 0 Å². The van der Waals surface area contributed by atoms with Crippen LogP contribution < -0.4 is 5.32 Å². The monoisotopic (exact) mass is 293 g/mol. The molecule has 0 aliphatic heterocycles. The van der Waals surface area contributed by atoms with Crippen molar-refractivity contribution < 1.29 is 0 Å². The van der Waals surface area contributed by atoms with Crippen LogP contribution in [-0.4, -0.2) is 12.4 Å². The Labute approximate surface area is 118 Å². The summed E-state index contributed by atoms with van der Waals surface area (Å²) in [5.74, 6) is 0.769. The highest BCUT2D eigenvalue weighted by Crippen LogP contribution is 2.25. The van der Waals surface area contributed by atoms with E-state index in [1.54, 1.807) is 6.07 Å². The van der Waals surface area contributed by atoms with Crippen molar-refractivity contribution in [3.05, 3.63) is 33.8 Å². The van der Waals surface area contributed by atoms with Crippen LogP contribution in [0.5, 0.6) is 0 Å². The number of hydrogen-bond acceptors (Lipinski definition) is 1. The number of halogens is 3. The topological polar surface area (TPSA) is 12.0 Å². The van der Waals surface area contributed by atoms with Crippen LogP contribution in [0, 0.1) is 0 Å². The van der Waals surface area contributed by atoms with Gasteiger partial charge in [0, 0.05) is 12.4 Å². The van der Waals surface area contributed by atoms with Gasteiger partial charge in [-0.05, 0) is 31.0 Å². The Morgan fingerprint density at radius 1 is 1.00 bits per heavy atom. The van der Waals surface area contributed by atoms with Crippen LogP contribution in [0.4, 0.5) is 0 Å². The third kappa shape index (κ3) is 5.96. The Hall–Kier alpha value is 0.0500. The number of unbranched alkanes of at least 4 members (excludes halogenated alkanes) is 3. The van der Waals surface area contributed by atoms with Gasteiger partial charge in [-0.25, -0.2) is 0 Å². The molecule has 17 heavy (non-hydrogen) atoms. The predicted molar refractivity (Wildman–Crippen MR) is 77.4 cm³/mol. The minimum atomic E-state index is 0.619. The largest absolute Gasteiger partial charge is 0.313 e. The number of nitrogens with one attached hydrogen (secondary N) is 1. The second-order valence-corrected chi connectivity index (χ2v) is 5.16. The van der Waals surface area contributed by atoms with E-state index < -0.39 is 0 Å². The molecule has 0 heterocycles. The van der Waals surface area contributed by atoms with E-state index in [4.69, 9.17) is 34.8 Å². The molecule has 1 aromatic carbocycles. The van der Waals surface area contributed by atoms with Gasteiger partial charge in [0.25, 0.3) is 0 Å². The molecule has 0 saturated heterocycles. The maximum absolute atomic E-state index is 6.09. The minimum absolute atomic E-state index is 0.619. The van der Waals surface area contributed by atoms with Crippen molar-refractivity contribution in [3.8, 4) is 0 Å². The maximum Gasteiger partial charge on any atom is 0.0637 e. The summed E-state index contributed by atoms with van der Waals surface area (Å²) in [6, 6.07) is 5.72. The first-order chi connectivity index (χ1) is 8.25. The molecule has 0 amide bonds. The summed E-state index contributed by atoms with van der Waals surface area (Å²) in [6.07, 6.45) is 4.73. The average Bonchev–Trinajstić information content (AvgIpc) is 2.33. The molecule has 1 aromatic rings. The number of benzene rings is 1. The van der Waals surface area contributed by atoms with E-state index in [9.17, 15) is 0 Å². The Kier molecular flexibility index (Phi) is 8.04. The molecule has 1 N–H and O–H groups in total. The average molecular weight is 295 g/mol. The van der Waals surface area contributed by atoms with Gasteiger partial charge in [0.2, 0.25) is 0 Å². The third-order valence-electron chi connectivity index (χ3n) is 2.58. The molecule has 0 aliphatic rings. The van der Waals surface area contributed by atoms with E-state index >= 15 is 0 Å². The molecule has 0 aliphatic carbocycles. The van der Waals surface area contributed by atoms with E-state index in [2.05, 4.69) is 5.32 Å². The van der Waals surface area contributed by atoms with Crippen molar-refractivity contribution in [2.75, 3.05) is 12.4 Å². The molecule has 0 radical (unpaired) electrons. The van der Waals surface area contributed by atoms with E-state index in [1.165, 1.54) is 19.3 Å². The smallest absolute Gasteiger partial charge is 0.0637 e. The lowest BCUT2D eigenvalue weighted by atomic mass is 10.2. The lowest BCUT2D eigenvalue weighted by molar-refractivity contribution is 0.599. The number of rotatable bonds is 8. The molecule has 0 spiro atoms. The molecule has 0 saturated carbocycles. The predicted octanol–water partition coefficient (Wildman–Crippen LogP) is 4.88. The molecule has 96 valence electrons. The maximum atomic E-state index is 6.09. The van der Waals surface area contributed by atoms with Crippen LogP contribution in [0.1, 0.15) is 31.2 Å². The van der Waals surface area contributed by atoms with Crippen molar-refractivity contribution >= 4 is 34.8 Å². The molecule has 0 bridgehead atoms. The second kappa shape index (κ2) is 9.04. The zero-order valence-electron chi connectivity index (χ0n) is 9.82. The standard InChI is InChI=1S/C13H18Cl3N/c14-8-3-1-2-4-9-17-10-11-6-5-7-12(15)13(11)16/h5-7,17H,1-4,8-10H2. The SMILES string of the molecule is ClCCCCCCNCc1cccc(Cl)c1Cl. The molecule has 1 rings (SSSR count). The molecule has 1 nitrogen and oxygen atoms in total. The molecular formula is C13H18Cl3N. The fraction of sp³-hybridized carbons (Fsp3) is 0.538. The summed E-state index contributed by atoms with van der Waals surface area (Å²) in [6.45, 7) is 1.78. The molecule has 4 heteroatoms. The lowest BCUT2D eigenvalue weighted by Crippen LogP contribution is -2.14. The van der Waals surface area contributed by atoms with Gasteiger partial charge in [-0.15, -0.1) is 11.6 Å².